The largest absolute Gasteiger partial charge is 0.484 e. The summed E-state index contributed by atoms with van der Waals surface area (Å²) in [5, 5.41) is 2.76. The van der Waals surface area contributed by atoms with Crippen LogP contribution in [0.3, 0.4) is 0 Å². The van der Waals surface area contributed by atoms with E-state index in [0.29, 0.717) is 30.1 Å². The minimum Gasteiger partial charge on any atom is -0.484 e. The van der Waals surface area contributed by atoms with Gasteiger partial charge in [0.15, 0.2) is 6.61 Å². The van der Waals surface area contributed by atoms with Gasteiger partial charge >= 0.3 is 0 Å². The number of amides is 1. The van der Waals surface area contributed by atoms with E-state index in [1.807, 2.05) is 31.2 Å². The van der Waals surface area contributed by atoms with Gasteiger partial charge in [0.05, 0.1) is 10.6 Å². The Kier molecular flexibility index (Phi) is 6.14. The van der Waals surface area contributed by atoms with Crippen molar-refractivity contribution in [3.63, 3.8) is 0 Å². The zero-order valence-electron chi connectivity index (χ0n) is 17.5. The molecule has 0 atom stereocenters. The lowest BCUT2D eigenvalue weighted by atomic mass is 10.0. The summed E-state index contributed by atoms with van der Waals surface area (Å²) in [6, 6.07) is 17.4. The van der Waals surface area contributed by atoms with Gasteiger partial charge in [0.25, 0.3) is 15.9 Å². The Hall–Kier alpha value is -3.39. The van der Waals surface area contributed by atoms with Crippen molar-refractivity contribution in [2.45, 2.75) is 24.7 Å². The Balaban J connectivity index is 1.52. The standard InChI is InChI=1S/C24H23FN2O4S/c1-17-4-2-6-21(14-17)31-16-24(28)26-20-10-7-18-5-3-13-27(23(18)15-20)32(29,30)22-11-8-19(25)9-12-22/h2,4,6-12,14-15H,3,5,13,16H2,1H3,(H,26,28). The summed E-state index contributed by atoms with van der Waals surface area (Å²) < 4.78 is 46.5. The number of sulfonamides is 1. The van der Waals surface area contributed by atoms with E-state index < -0.39 is 15.8 Å². The third-order valence-electron chi connectivity index (χ3n) is 5.21. The molecule has 1 aliphatic rings. The van der Waals surface area contributed by atoms with Crippen molar-refractivity contribution in [1.82, 2.24) is 0 Å². The molecule has 0 saturated heterocycles. The van der Waals surface area contributed by atoms with E-state index in [0.717, 1.165) is 29.7 Å². The maximum Gasteiger partial charge on any atom is 0.264 e. The molecule has 1 aliphatic heterocycles. The van der Waals surface area contributed by atoms with Crippen molar-refractivity contribution in [2.75, 3.05) is 22.8 Å². The normalized spacial score (nSPS) is 13.4. The third-order valence-corrected chi connectivity index (χ3v) is 7.03. The number of benzene rings is 3. The molecule has 0 aliphatic carbocycles. The molecule has 0 aromatic heterocycles. The first-order valence-electron chi connectivity index (χ1n) is 10.2. The maximum absolute atomic E-state index is 13.3. The average molecular weight is 455 g/mol. The predicted molar refractivity (Wildman–Crippen MR) is 121 cm³/mol. The van der Waals surface area contributed by atoms with Gasteiger partial charge in [-0.2, -0.15) is 0 Å². The fraction of sp³-hybridized carbons (Fsp3) is 0.208. The predicted octanol–water partition coefficient (Wildman–Crippen LogP) is 4.29. The zero-order valence-corrected chi connectivity index (χ0v) is 18.4. The maximum atomic E-state index is 13.3. The van der Waals surface area contributed by atoms with Crippen LogP contribution in [0.1, 0.15) is 17.5 Å². The van der Waals surface area contributed by atoms with Gasteiger partial charge in [-0.1, -0.05) is 18.2 Å². The Morgan fingerprint density at radius 1 is 1.09 bits per heavy atom. The highest BCUT2D eigenvalue weighted by atomic mass is 32.2. The fourth-order valence-corrected chi connectivity index (χ4v) is 5.19. The molecule has 0 spiro atoms. The summed E-state index contributed by atoms with van der Waals surface area (Å²) in [6.07, 6.45) is 1.40. The van der Waals surface area contributed by atoms with Crippen LogP contribution in [0.5, 0.6) is 5.75 Å². The lowest BCUT2D eigenvalue weighted by Crippen LogP contribution is -2.35. The van der Waals surface area contributed by atoms with E-state index in [4.69, 9.17) is 4.74 Å². The number of ether oxygens (including phenoxy) is 1. The van der Waals surface area contributed by atoms with E-state index in [9.17, 15) is 17.6 Å². The molecule has 1 heterocycles. The second-order valence-corrected chi connectivity index (χ2v) is 9.49. The topological polar surface area (TPSA) is 75.7 Å². The van der Waals surface area contributed by atoms with Gasteiger partial charge in [-0.25, -0.2) is 12.8 Å². The molecule has 0 saturated carbocycles. The molecule has 3 aromatic rings. The number of carbonyl (C=O) groups is 1. The summed E-state index contributed by atoms with van der Waals surface area (Å²) in [6.45, 7) is 2.07. The first-order valence-corrected chi connectivity index (χ1v) is 11.7. The van der Waals surface area contributed by atoms with Crippen molar-refractivity contribution in [1.29, 1.82) is 0 Å². The number of halogens is 1. The van der Waals surface area contributed by atoms with Gasteiger partial charge in [0.1, 0.15) is 11.6 Å². The highest BCUT2D eigenvalue weighted by molar-refractivity contribution is 7.92. The minimum absolute atomic E-state index is 0.0211. The fourth-order valence-electron chi connectivity index (χ4n) is 3.65. The van der Waals surface area contributed by atoms with Crippen LogP contribution < -0.4 is 14.4 Å². The SMILES string of the molecule is Cc1cccc(OCC(=O)Nc2ccc3c(c2)N(S(=O)(=O)c2ccc(F)cc2)CCC3)c1. The molecule has 8 heteroatoms. The summed E-state index contributed by atoms with van der Waals surface area (Å²) in [7, 11) is -3.86. The van der Waals surface area contributed by atoms with Crippen LogP contribution in [-0.4, -0.2) is 27.5 Å². The lowest BCUT2D eigenvalue weighted by Gasteiger charge is -2.31. The number of carbonyl (C=O) groups excluding carboxylic acids is 1. The molecule has 0 bridgehead atoms. The first-order chi connectivity index (χ1) is 15.3. The van der Waals surface area contributed by atoms with Crippen molar-refractivity contribution in [3.8, 4) is 5.75 Å². The number of nitrogens with one attached hydrogen (secondary N) is 1. The molecular formula is C24H23FN2O4S. The second-order valence-electron chi connectivity index (χ2n) is 7.63. The van der Waals surface area contributed by atoms with Crippen LogP contribution in [0.25, 0.3) is 0 Å². The van der Waals surface area contributed by atoms with Gasteiger partial charge in [-0.05, 0) is 79.4 Å². The number of nitrogens with zero attached hydrogens (tertiary/aromatic N) is 1. The zero-order chi connectivity index (χ0) is 22.7. The average Bonchev–Trinajstić information content (AvgIpc) is 2.77. The number of hydrogen-bond donors (Lipinski definition) is 1. The number of rotatable bonds is 6. The highest BCUT2D eigenvalue weighted by Crippen LogP contribution is 2.34. The second kappa shape index (κ2) is 9.00. The van der Waals surface area contributed by atoms with Crippen molar-refractivity contribution in [3.05, 3.63) is 83.7 Å². The van der Waals surface area contributed by atoms with Crippen LogP contribution in [0.2, 0.25) is 0 Å². The van der Waals surface area contributed by atoms with Gasteiger partial charge in [0, 0.05) is 12.2 Å². The van der Waals surface area contributed by atoms with Crippen molar-refractivity contribution in [2.24, 2.45) is 0 Å². The van der Waals surface area contributed by atoms with Crippen LogP contribution in [-0.2, 0) is 21.2 Å². The molecule has 4 rings (SSSR count). The van der Waals surface area contributed by atoms with Crippen LogP contribution in [0, 0.1) is 12.7 Å². The number of hydrogen-bond acceptors (Lipinski definition) is 4. The van der Waals surface area contributed by atoms with E-state index in [1.54, 1.807) is 18.2 Å². The summed E-state index contributed by atoms with van der Waals surface area (Å²) >= 11 is 0. The Labute approximate surface area is 186 Å². The van der Waals surface area contributed by atoms with Crippen LogP contribution in [0.15, 0.2) is 71.6 Å². The monoisotopic (exact) mass is 454 g/mol. The van der Waals surface area contributed by atoms with E-state index in [-0.39, 0.29) is 17.4 Å². The number of anilines is 2. The molecule has 1 N–H and O–H groups in total. The van der Waals surface area contributed by atoms with E-state index in [1.165, 1.54) is 16.4 Å². The van der Waals surface area contributed by atoms with Crippen molar-refractivity contribution >= 4 is 27.3 Å². The molecule has 1 amide bonds. The van der Waals surface area contributed by atoms with Gasteiger partial charge in [0.2, 0.25) is 0 Å². The lowest BCUT2D eigenvalue weighted by molar-refractivity contribution is -0.118. The molecule has 166 valence electrons. The quantitative estimate of drug-likeness (QED) is 0.603. The molecule has 3 aromatic carbocycles. The Bertz CT molecular complexity index is 1240. The first kappa shape index (κ1) is 21.8. The van der Waals surface area contributed by atoms with Gasteiger partial charge < -0.3 is 10.1 Å². The molecule has 0 radical (unpaired) electrons. The smallest absolute Gasteiger partial charge is 0.264 e. The minimum atomic E-state index is -3.86. The summed E-state index contributed by atoms with van der Waals surface area (Å²) in [4.78, 5) is 12.4. The van der Waals surface area contributed by atoms with Crippen LogP contribution in [0.4, 0.5) is 15.8 Å². The Morgan fingerprint density at radius 3 is 2.62 bits per heavy atom. The van der Waals surface area contributed by atoms with Crippen molar-refractivity contribution < 1.29 is 22.3 Å². The van der Waals surface area contributed by atoms with Gasteiger partial charge in [-0.3, -0.25) is 9.10 Å². The van der Waals surface area contributed by atoms with Crippen LogP contribution >= 0.6 is 0 Å². The molecular weight excluding hydrogens is 431 g/mol. The molecule has 6 nitrogen and oxygen atoms in total. The van der Waals surface area contributed by atoms with E-state index in [2.05, 4.69) is 5.32 Å². The summed E-state index contributed by atoms with van der Waals surface area (Å²) in [5.41, 5.74) is 2.89. The number of fused-ring (bicyclic) bond motifs is 1. The highest BCUT2D eigenvalue weighted by Gasteiger charge is 2.29. The number of aryl methyl sites for hydroxylation is 2. The summed E-state index contributed by atoms with van der Waals surface area (Å²) in [5.74, 6) is -0.252. The Morgan fingerprint density at radius 2 is 1.88 bits per heavy atom. The molecule has 32 heavy (non-hydrogen) atoms. The molecule has 0 fully saturated rings. The third kappa shape index (κ3) is 4.75. The van der Waals surface area contributed by atoms with E-state index >= 15 is 0 Å². The van der Waals surface area contributed by atoms with Gasteiger partial charge in [-0.15, -0.1) is 0 Å². The molecule has 0 unspecified atom stereocenters.